The second-order valence-corrected chi connectivity index (χ2v) is 4.53. The van der Waals surface area contributed by atoms with Crippen molar-refractivity contribution in [2.24, 2.45) is 5.41 Å². The van der Waals surface area contributed by atoms with Crippen LogP contribution in [0.3, 0.4) is 0 Å². The van der Waals surface area contributed by atoms with Crippen LogP contribution >= 0.6 is 11.6 Å². The molecule has 0 spiro atoms. The lowest BCUT2D eigenvalue weighted by Gasteiger charge is -2.33. The molecule has 0 amide bonds. The van der Waals surface area contributed by atoms with Crippen molar-refractivity contribution in [1.82, 2.24) is 0 Å². The number of alkyl halides is 1. The highest BCUT2D eigenvalue weighted by atomic mass is 35.5. The molecule has 66 valence electrons. The Balaban J connectivity index is 4.59. The van der Waals surface area contributed by atoms with E-state index in [4.69, 9.17) is 11.6 Å². The van der Waals surface area contributed by atoms with Crippen LogP contribution in [0.1, 0.15) is 27.7 Å². The van der Waals surface area contributed by atoms with E-state index in [2.05, 4.69) is 4.74 Å². The lowest BCUT2D eigenvalue weighted by atomic mass is 9.80. The first-order valence-electron chi connectivity index (χ1n) is 3.51. The summed E-state index contributed by atoms with van der Waals surface area (Å²) in [4.78, 5) is 10.6. The predicted octanol–water partition coefficient (Wildman–Crippen LogP) is 2.20. The van der Waals surface area contributed by atoms with Crippen molar-refractivity contribution in [3.05, 3.63) is 0 Å². The molecule has 2 nitrogen and oxygen atoms in total. The molecule has 11 heavy (non-hydrogen) atoms. The molecular formula is C8H15ClO2. The van der Waals surface area contributed by atoms with Crippen LogP contribution in [0.2, 0.25) is 0 Å². The summed E-state index contributed by atoms with van der Waals surface area (Å²) in [7, 11) is 1.37. The average molecular weight is 179 g/mol. The fourth-order valence-corrected chi connectivity index (χ4v) is 0.575. The normalized spacial score (nSPS) is 12.9. The molecule has 0 aliphatic rings. The molecular weight excluding hydrogens is 164 g/mol. The maximum atomic E-state index is 11.2. The van der Waals surface area contributed by atoms with Gasteiger partial charge >= 0.3 is 5.97 Å². The van der Waals surface area contributed by atoms with Crippen molar-refractivity contribution in [2.75, 3.05) is 7.11 Å². The number of esters is 1. The standard InChI is InChI=1S/C8H15ClO2/c1-7(2,6(10)11-5)8(3,4)9/h1-5H3. The van der Waals surface area contributed by atoms with E-state index in [0.717, 1.165) is 0 Å². The second kappa shape index (κ2) is 3.02. The molecule has 0 radical (unpaired) electrons. The molecule has 0 atom stereocenters. The van der Waals surface area contributed by atoms with E-state index >= 15 is 0 Å². The Morgan fingerprint density at radius 1 is 1.27 bits per heavy atom. The minimum Gasteiger partial charge on any atom is -0.469 e. The topological polar surface area (TPSA) is 26.3 Å². The molecule has 0 fully saturated rings. The van der Waals surface area contributed by atoms with Gasteiger partial charge in [0.2, 0.25) is 0 Å². The highest BCUT2D eigenvalue weighted by Gasteiger charge is 2.42. The number of ether oxygens (including phenoxy) is 1. The maximum absolute atomic E-state index is 11.2. The third kappa shape index (κ3) is 2.09. The van der Waals surface area contributed by atoms with Crippen LogP contribution in [0, 0.1) is 5.41 Å². The lowest BCUT2D eigenvalue weighted by Crippen LogP contribution is -2.41. The first-order chi connectivity index (χ1) is 4.73. The van der Waals surface area contributed by atoms with Gasteiger partial charge in [-0.2, -0.15) is 0 Å². The summed E-state index contributed by atoms with van der Waals surface area (Å²) in [6.07, 6.45) is 0. The van der Waals surface area contributed by atoms with Crippen LogP contribution in [0.4, 0.5) is 0 Å². The van der Waals surface area contributed by atoms with E-state index in [1.54, 1.807) is 27.7 Å². The van der Waals surface area contributed by atoms with Crippen LogP contribution in [-0.2, 0) is 9.53 Å². The van der Waals surface area contributed by atoms with E-state index < -0.39 is 10.3 Å². The number of hydrogen-bond donors (Lipinski definition) is 0. The Hall–Kier alpha value is -0.240. The first kappa shape index (κ1) is 10.8. The molecule has 0 N–H and O–H groups in total. The van der Waals surface area contributed by atoms with Gasteiger partial charge in [-0.05, 0) is 27.7 Å². The van der Waals surface area contributed by atoms with Gasteiger partial charge < -0.3 is 4.74 Å². The molecule has 0 bridgehead atoms. The smallest absolute Gasteiger partial charge is 0.313 e. The van der Waals surface area contributed by atoms with E-state index in [1.807, 2.05) is 0 Å². The maximum Gasteiger partial charge on any atom is 0.313 e. The van der Waals surface area contributed by atoms with Crippen LogP contribution in [0.25, 0.3) is 0 Å². The van der Waals surface area contributed by atoms with Crippen LogP contribution < -0.4 is 0 Å². The Kier molecular flexibility index (Phi) is 2.95. The van der Waals surface area contributed by atoms with E-state index in [0.29, 0.717) is 0 Å². The molecule has 0 aromatic carbocycles. The Morgan fingerprint density at radius 3 is 1.73 bits per heavy atom. The number of carbonyl (C=O) groups is 1. The number of halogens is 1. The Morgan fingerprint density at radius 2 is 1.64 bits per heavy atom. The van der Waals surface area contributed by atoms with Gasteiger partial charge in [-0.25, -0.2) is 0 Å². The van der Waals surface area contributed by atoms with Gasteiger partial charge in [0.25, 0.3) is 0 Å². The Bertz CT molecular complexity index is 156. The summed E-state index contributed by atoms with van der Waals surface area (Å²) in [5, 5.41) is 0. The van der Waals surface area contributed by atoms with Crippen molar-refractivity contribution < 1.29 is 9.53 Å². The molecule has 0 aromatic rings. The van der Waals surface area contributed by atoms with Gasteiger partial charge in [0.1, 0.15) is 0 Å². The third-order valence-corrected chi connectivity index (χ3v) is 2.65. The monoisotopic (exact) mass is 178 g/mol. The second-order valence-electron chi connectivity index (χ2n) is 3.59. The van der Waals surface area contributed by atoms with Crippen molar-refractivity contribution >= 4 is 17.6 Å². The van der Waals surface area contributed by atoms with E-state index in [1.165, 1.54) is 7.11 Å². The molecule has 0 saturated carbocycles. The van der Waals surface area contributed by atoms with Crippen molar-refractivity contribution in [2.45, 2.75) is 32.6 Å². The molecule has 0 unspecified atom stereocenters. The van der Waals surface area contributed by atoms with Crippen molar-refractivity contribution in [1.29, 1.82) is 0 Å². The third-order valence-electron chi connectivity index (χ3n) is 2.18. The molecule has 0 aromatic heterocycles. The largest absolute Gasteiger partial charge is 0.469 e. The number of carbonyl (C=O) groups excluding carboxylic acids is 1. The van der Waals surface area contributed by atoms with Gasteiger partial charge in [-0.3, -0.25) is 4.79 Å². The zero-order chi connectivity index (χ0) is 9.28. The Labute approximate surface area is 72.9 Å². The SMILES string of the molecule is COC(=O)C(C)(C)C(C)(C)Cl. The fourth-order valence-electron chi connectivity index (χ4n) is 0.498. The molecule has 0 aliphatic heterocycles. The summed E-state index contributed by atoms with van der Waals surface area (Å²) in [5.74, 6) is -0.280. The predicted molar refractivity (Wildman–Crippen MR) is 45.7 cm³/mol. The van der Waals surface area contributed by atoms with Gasteiger partial charge in [-0.15, -0.1) is 11.6 Å². The number of rotatable bonds is 2. The minimum absolute atomic E-state index is 0.280. The number of hydrogen-bond acceptors (Lipinski definition) is 2. The van der Waals surface area contributed by atoms with Crippen LogP contribution in [0.15, 0.2) is 0 Å². The molecule has 0 saturated heterocycles. The summed E-state index contributed by atoms with van der Waals surface area (Å²) < 4.78 is 4.62. The number of methoxy groups -OCH3 is 1. The zero-order valence-corrected chi connectivity index (χ0v) is 8.45. The quantitative estimate of drug-likeness (QED) is 0.479. The zero-order valence-electron chi connectivity index (χ0n) is 7.69. The van der Waals surface area contributed by atoms with Crippen LogP contribution in [0.5, 0.6) is 0 Å². The van der Waals surface area contributed by atoms with Gasteiger partial charge in [0, 0.05) is 0 Å². The average Bonchev–Trinajstić information content (AvgIpc) is 1.83. The van der Waals surface area contributed by atoms with Crippen molar-refractivity contribution in [3.63, 3.8) is 0 Å². The molecule has 0 rings (SSSR count). The van der Waals surface area contributed by atoms with E-state index in [9.17, 15) is 4.79 Å². The first-order valence-corrected chi connectivity index (χ1v) is 3.88. The van der Waals surface area contributed by atoms with Gasteiger partial charge in [0.15, 0.2) is 0 Å². The minimum atomic E-state index is -0.649. The van der Waals surface area contributed by atoms with Gasteiger partial charge in [0.05, 0.1) is 17.4 Å². The summed E-state index contributed by atoms with van der Waals surface area (Å²) >= 11 is 6.00. The highest BCUT2D eigenvalue weighted by molar-refractivity contribution is 6.25. The summed E-state index contributed by atoms with van der Waals surface area (Å²) in [6.45, 7) is 7.13. The van der Waals surface area contributed by atoms with Gasteiger partial charge in [-0.1, -0.05) is 0 Å². The molecule has 0 heterocycles. The molecule has 3 heteroatoms. The van der Waals surface area contributed by atoms with Crippen LogP contribution in [-0.4, -0.2) is 18.0 Å². The molecule has 0 aliphatic carbocycles. The van der Waals surface area contributed by atoms with E-state index in [-0.39, 0.29) is 5.97 Å². The highest BCUT2D eigenvalue weighted by Crippen LogP contribution is 2.36. The van der Waals surface area contributed by atoms with Crippen molar-refractivity contribution in [3.8, 4) is 0 Å². The lowest BCUT2D eigenvalue weighted by molar-refractivity contribution is -0.152. The summed E-state index contributed by atoms with van der Waals surface area (Å²) in [5.41, 5.74) is -0.649. The summed E-state index contributed by atoms with van der Waals surface area (Å²) in [6, 6.07) is 0. The fraction of sp³-hybridized carbons (Fsp3) is 0.875.